The summed E-state index contributed by atoms with van der Waals surface area (Å²) >= 11 is 0. The van der Waals surface area contributed by atoms with Crippen LogP contribution in [0, 0.1) is 27.7 Å². The van der Waals surface area contributed by atoms with Gasteiger partial charge in [0.15, 0.2) is 0 Å². The topological polar surface area (TPSA) is 38.1 Å². The Balaban J connectivity index is 1.62. The van der Waals surface area contributed by atoms with E-state index >= 15 is 0 Å². The van der Waals surface area contributed by atoms with Gasteiger partial charge in [0.1, 0.15) is 5.82 Å². The SMILES string of the molecule is CCn1c([C@]2(C)CCCN2C(=O)c2cc(C)ccc2-c2ccc(C)cc2)nc2cc(C)c(C)cc21. The summed E-state index contributed by atoms with van der Waals surface area (Å²) in [6.45, 7) is 14.4. The normalized spacial score (nSPS) is 17.9. The van der Waals surface area contributed by atoms with Crippen molar-refractivity contribution in [2.45, 2.75) is 66.5 Å². The van der Waals surface area contributed by atoms with Gasteiger partial charge < -0.3 is 9.47 Å². The highest BCUT2D eigenvalue weighted by Gasteiger charge is 2.45. The van der Waals surface area contributed by atoms with Gasteiger partial charge in [-0.2, -0.15) is 0 Å². The van der Waals surface area contributed by atoms with Gasteiger partial charge in [-0.15, -0.1) is 0 Å². The zero-order chi connectivity index (χ0) is 24.9. The van der Waals surface area contributed by atoms with Crippen LogP contribution in [0.15, 0.2) is 54.6 Å². The molecule has 5 rings (SSSR count). The van der Waals surface area contributed by atoms with Crippen LogP contribution in [0.5, 0.6) is 0 Å². The van der Waals surface area contributed by atoms with Crippen molar-refractivity contribution >= 4 is 16.9 Å². The number of rotatable bonds is 4. The minimum atomic E-state index is -0.456. The minimum absolute atomic E-state index is 0.0892. The van der Waals surface area contributed by atoms with E-state index in [2.05, 4.69) is 99.5 Å². The van der Waals surface area contributed by atoms with Crippen LogP contribution >= 0.6 is 0 Å². The van der Waals surface area contributed by atoms with Gasteiger partial charge in [0.05, 0.1) is 16.6 Å². The molecule has 180 valence electrons. The number of aryl methyl sites for hydroxylation is 5. The van der Waals surface area contributed by atoms with Gasteiger partial charge in [0.2, 0.25) is 0 Å². The number of hydrogen-bond donors (Lipinski definition) is 0. The van der Waals surface area contributed by atoms with Crippen LogP contribution in [0.1, 0.15) is 65.1 Å². The van der Waals surface area contributed by atoms with E-state index in [1.54, 1.807) is 0 Å². The third kappa shape index (κ3) is 3.85. The molecule has 0 spiro atoms. The third-order valence-corrected chi connectivity index (χ3v) is 7.82. The van der Waals surface area contributed by atoms with Crippen molar-refractivity contribution in [1.29, 1.82) is 0 Å². The molecule has 1 saturated heterocycles. The summed E-state index contributed by atoms with van der Waals surface area (Å²) in [7, 11) is 0. The van der Waals surface area contributed by atoms with Crippen molar-refractivity contribution in [1.82, 2.24) is 14.5 Å². The van der Waals surface area contributed by atoms with Crippen LogP contribution in [0.4, 0.5) is 0 Å². The lowest BCUT2D eigenvalue weighted by atomic mass is 9.93. The number of benzene rings is 3. The molecule has 0 aliphatic carbocycles. The van der Waals surface area contributed by atoms with E-state index in [1.165, 1.54) is 16.7 Å². The molecule has 0 N–H and O–H groups in total. The molecule has 4 aromatic rings. The maximum Gasteiger partial charge on any atom is 0.255 e. The number of hydrogen-bond acceptors (Lipinski definition) is 2. The van der Waals surface area contributed by atoms with E-state index in [4.69, 9.17) is 4.98 Å². The Kier molecular flexibility index (Phi) is 5.79. The van der Waals surface area contributed by atoms with Crippen LogP contribution in [-0.4, -0.2) is 26.9 Å². The number of likely N-dealkylation sites (tertiary alicyclic amines) is 1. The van der Waals surface area contributed by atoms with Crippen LogP contribution in [0.3, 0.4) is 0 Å². The second kappa shape index (κ2) is 8.67. The van der Waals surface area contributed by atoms with Gasteiger partial charge >= 0.3 is 0 Å². The molecule has 3 aromatic carbocycles. The van der Waals surface area contributed by atoms with E-state index in [9.17, 15) is 4.79 Å². The monoisotopic (exact) mass is 465 g/mol. The summed E-state index contributed by atoms with van der Waals surface area (Å²) in [5, 5.41) is 0. The molecular formula is C31H35N3O. The van der Waals surface area contributed by atoms with Crippen molar-refractivity contribution in [3.8, 4) is 11.1 Å². The predicted molar refractivity (Wildman–Crippen MR) is 144 cm³/mol. The smallest absolute Gasteiger partial charge is 0.255 e. The lowest BCUT2D eigenvalue weighted by Gasteiger charge is -2.35. The second-order valence-electron chi connectivity index (χ2n) is 10.4. The minimum Gasteiger partial charge on any atom is -0.326 e. The van der Waals surface area contributed by atoms with Crippen molar-refractivity contribution < 1.29 is 4.79 Å². The zero-order valence-corrected chi connectivity index (χ0v) is 21.8. The van der Waals surface area contributed by atoms with Crippen LogP contribution in [0.25, 0.3) is 22.2 Å². The Morgan fingerprint density at radius 2 is 1.63 bits per heavy atom. The highest BCUT2D eigenvalue weighted by molar-refractivity contribution is 6.01. The Morgan fingerprint density at radius 1 is 0.943 bits per heavy atom. The summed E-state index contributed by atoms with van der Waals surface area (Å²) in [4.78, 5) is 21.5. The van der Waals surface area contributed by atoms with Crippen LogP contribution in [-0.2, 0) is 12.1 Å². The van der Waals surface area contributed by atoms with E-state index in [0.717, 1.165) is 65.0 Å². The van der Waals surface area contributed by atoms with E-state index in [-0.39, 0.29) is 5.91 Å². The van der Waals surface area contributed by atoms with Gasteiger partial charge in [-0.3, -0.25) is 4.79 Å². The highest BCUT2D eigenvalue weighted by atomic mass is 16.2. The van der Waals surface area contributed by atoms with Gasteiger partial charge in [-0.25, -0.2) is 4.98 Å². The standard InChI is InChI=1S/C31H35N3O/c1-7-33-28-19-23(5)22(4)18-27(28)32-30(33)31(6)15-8-16-34(31)29(35)26-17-21(3)11-14-25(26)24-12-9-20(2)10-13-24/h9-14,17-19H,7-8,15-16H2,1-6H3/t31-/m0/s1. The van der Waals surface area contributed by atoms with Crippen LogP contribution < -0.4 is 0 Å². The number of imidazole rings is 1. The Bertz CT molecular complexity index is 1430. The first kappa shape index (κ1) is 23.3. The summed E-state index contributed by atoms with van der Waals surface area (Å²) in [6, 6.07) is 19.1. The van der Waals surface area contributed by atoms with Gasteiger partial charge in [-0.05, 0) is 94.8 Å². The average Bonchev–Trinajstić information content (AvgIpc) is 3.40. The Morgan fingerprint density at radius 3 is 2.34 bits per heavy atom. The van der Waals surface area contributed by atoms with Crippen molar-refractivity contribution in [3.05, 3.63) is 88.2 Å². The zero-order valence-electron chi connectivity index (χ0n) is 21.8. The van der Waals surface area contributed by atoms with Gasteiger partial charge in [0, 0.05) is 18.7 Å². The number of nitrogens with zero attached hydrogens (tertiary/aromatic N) is 3. The molecule has 0 unspecified atom stereocenters. The summed E-state index contributed by atoms with van der Waals surface area (Å²) < 4.78 is 2.31. The maximum atomic E-state index is 14.3. The molecule has 0 bridgehead atoms. The first-order valence-electron chi connectivity index (χ1n) is 12.7. The molecule has 4 heteroatoms. The van der Waals surface area contributed by atoms with Crippen molar-refractivity contribution in [2.24, 2.45) is 0 Å². The number of carbonyl (C=O) groups is 1. The molecule has 0 saturated carbocycles. The van der Waals surface area contributed by atoms with E-state index in [1.807, 2.05) is 6.07 Å². The van der Waals surface area contributed by atoms with Crippen molar-refractivity contribution in [2.75, 3.05) is 6.54 Å². The first-order chi connectivity index (χ1) is 16.7. The Hall–Kier alpha value is -3.40. The predicted octanol–water partition coefficient (Wildman–Crippen LogP) is 7.11. The lowest BCUT2D eigenvalue weighted by molar-refractivity contribution is 0.0599. The molecule has 1 aromatic heterocycles. The molecule has 1 atom stereocenters. The molecule has 1 amide bonds. The maximum absolute atomic E-state index is 14.3. The molecule has 0 radical (unpaired) electrons. The third-order valence-electron chi connectivity index (χ3n) is 7.82. The molecule has 1 aliphatic rings. The number of fused-ring (bicyclic) bond motifs is 1. The fourth-order valence-corrected chi connectivity index (χ4v) is 5.60. The first-order valence-corrected chi connectivity index (χ1v) is 12.7. The number of aromatic nitrogens is 2. The highest BCUT2D eigenvalue weighted by Crippen LogP contribution is 2.41. The Labute approximate surface area is 208 Å². The largest absolute Gasteiger partial charge is 0.326 e. The molecule has 1 aliphatic heterocycles. The fourth-order valence-electron chi connectivity index (χ4n) is 5.60. The summed E-state index contributed by atoms with van der Waals surface area (Å²) in [5.41, 5.74) is 9.37. The van der Waals surface area contributed by atoms with Crippen molar-refractivity contribution in [3.63, 3.8) is 0 Å². The van der Waals surface area contributed by atoms with Gasteiger partial charge in [0.25, 0.3) is 5.91 Å². The summed E-state index contributed by atoms with van der Waals surface area (Å²) in [5.74, 6) is 1.08. The van der Waals surface area contributed by atoms with Crippen LogP contribution in [0.2, 0.25) is 0 Å². The summed E-state index contributed by atoms with van der Waals surface area (Å²) in [6.07, 6.45) is 1.88. The average molecular weight is 466 g/mol. The second-order valence-corrected chi connectivity index (χ2v) is 10.4. The fraction of sp³-hybridized carbons (Fsp3) is 0.355. The van der Waals surface area contributed by atoms with E-state index < -0.39 is 5.54 Å². The number of carbonyl (C=O) groups excluding carboxylic acids is 1. The number of amides is 1. The lowest BCUT2D eigenvalue weighted by Crippen LogP contribution is -2.44. The quantitative estimate of drug-likeness (QED) is 0.322. The molecule has 35 heavy (non-hydrogen) atoms. The molecule has 1 fully saturated rings. The molecular weight excluding hydrogens is 430 g/mol. The molecule has 2 heterocycles. The van der Waals surface area contributed by atoms with E-state index in [0.29, 0.717) is 0 Å². The molecule has 4 nitrogen and oxygen atoms in total. The van der Waals surface area contributed by atoms with Gasteiger partial charge in [-0.1, -0.05) is 47.5 Å².